The van der Waals surface area contributed by atoms with Crippen molar-refractivity contribution in [2.45, 2.75) is 50.0 Å². The zero-order chi connectivity index (χ0) is 31.5. The first-order chi connectivity index (χ1) is 22.0. The lowest BCUT2D eigenvalue weighted by atomic mass is 9.96. The Bertz CT molecular complexity index is 1550. The van der Waals surface area contributed by atoms with E-state index in [1.165, 1.54) is 30.4 Å². The fourth-order valence-corrected chi connectivity index (χ4v) is 7.17. The molecule has 236 valence electrons. The number of rotatable bonds is 14. The fourth-order valence-electron chi connectivity index (χ4n) is 5.75. The standard InChI is InChI=1S/C37H43N3O4S/c1-2-3-4-5-12-29-44-34-21-17-32(18-22-34)37(41)38-33-19-23-35(24-20-33)45(42,43)40-27-25-39(26-28-40)36(30-13-8-6-9-14-30)31-15-10-7-11-16-31/h6-11,13-24,36H,2-5,12,25-29H2,1H3,(H,38,41). The maximum atomic E-state index is 13.5. The van der Waals surface area contributed by atoms with E-state index in [1.807, 2.05) is 36.4 Å². The fraction of sp³-hybridized carbons (Fsp3) is 0.324. The Balaban J connectivity index is 1.15. The predicted octanol–water partition coefficient (Wildman–Crippen LogP) is 7.38. The quantitative estimate of drug-likeness (QED) is 0.148. The monoisotopic (exact) mass is 625 g/mol. The van der Waals surface area contributed by atoms with E-state index in [0.29, 0.717) is 44.0 Å². The Morgan fingerprint density at radius 2 is 1.31 bits per heavy atom. The van der Waals surface area contributed by atoms with Crippen LogP contribution in [0.2, 0.25) is 0 Å². The summed E-state index contributed by atoms with van der Waals surface area (Å²) in [6, 6.07) is 34.2. The summed E-state index contributed by atoms with van der Waals surface area (Å²) in [7, 11) is -3.68. The van der Waals surface area contributed by atoms with E-state index < -0.39 is 10.0 Å². The van der Waals surface area contributed by atoms with Gasteiger partial charge in [-0.05, 0) is 66.1 Å². The molecule has 1 saturated heterocycles. The smallest absolute Gasteiger partial charge is 0.255 e. The number of amides is 1. The summed E-state index contributed by atoms with van der Waals surface area (Å²) in [5.41, 5.74) is 3.42. The van der Waals surface area contributed by atoms with Crippen LogP contribution < -0.4 is 10.1 Å². The first-order valence-corrected chi connectivity index (χ1v) is 17.4. The first kappa shape index (κ1) is 32.4. The van der Waals surface area contributed by atoms with Crippen molar-refractivity contribution in [2.75, 3.05) is 38.1 Å². The maximum absolute atomic E-state index is 13.5. The third kappa shape index (κ3) is 8.60. The van der Waals surface area contributed by atoms with Crippen LogP contribution in [0.1, 0.15) is 66.6 Å². The van der Waals surface area contributed by atoms with Crippen molar-refractivity contribution in [1.29, 1.82) is 0 Å². The summed E-state index contributed by atoms with van der Waals surface area (Å²) in [5, 5.41) is 2.86. The molecule has 4 aromatic rings. The second kappa shape index (κ2) is 15.8. The van der Waals surface area contributed by atoms with Gasteiger partial charge in [-0.15, -0.1) is 0 Å². The SMILES string of the molecule is CCCCCCCOc1ccc(C(=O)Nc2ccc(S(=O)(=O)N3CCN(C(c4ccccc4)c4ccccc4)CC3)cc2)cc1. The molecule has 0 unspecified atom stereocenters. The van der Waals surface area contributed by atoms with Crippen molar-refractivity contribution in [3.63, 3.8) is 0 Å². The molecular formula is C37H43N3O4S. The number of carbonyl (C=O) groups excluding carboxylic acids is 1. The Morgan fingerprint density at radius 1 is 0.733 bits per heavy atom. The van der Waals surface area contributed by atoms with Crippen molar-refractivity contribution in [3.05, 3.63) is 126 Å². The van der Waals surface area contributed by atoms with Crippen LogP contribution in [0.4, 0.5) is 5.69 Å². The Morgan fingerprint density at radius 3 is 1.89 bits per heavy atom. The summed E-state index contributed by atoms with van der Waals surface area (Å²) in [6.07, 6.45) is 5.89. The molecule has 45 heavy (non-hydrogen) atoms. The Kier molecular flexibility index (Phi) is 11.4. The minimum absolute atomic E-state index is 0.0594. The lowest BCUT2D eigenvalue weighted by molar-refractivity contribution is 0.102. The van der Waals surface area contributed by atoms with Crippen LogP contribution in [0.25, 0.3) is 0 Å². The van der Waals surface area contributed by atoms with E-state index in [2.05, 4.69) is 41.4 Å². The van der Waals surface area contributed by atoms with E-state index in [4.69, 9.17) is 4.74 Å². The second-order valence-electron chi connectivity index (χ2n) is 11.4. The van der Waals surface area contributed by atoms with Gasteiger partial charge in [0, 0.05) is 37.4 Å². The average molecular weight is 626 g/mol. The number of nitrogens with one attached hydrogen (secondary N) is 1. The van der Waals surface area contributed by atoms with E-state index in [-0.39, 0.29) is 16.8 Å². The molecule has 8 heteroatoms. The summed E-state index contributed by atoms with van der Waals surface area (Å²) >= 11 is 0. The molecular weight excluding hydrogens is 582 g/mol. The number of piperazine rings is 1. The minimum atomic E-state index is -3.68. The minimum Gasteiger partial charge on any atom is -0.494 e. The van der Waals surface area contributed by atoms with Crippen molar-refractivity contribution >= 4 is 21.6 Å². The summed E-state index contributed by atoms with van der Waals surface area (Å²) in [6.45, 7) is 4.90. The highest BCUT2D eigenvalue weighted by molar-refractivity contribution is 7.89. The van der Waals surface area contributed by atoms with Crippen LogP contribution in [0.5, 0.6) is 5.75 Å². The average Bonchev–Trinajstić information content (AvgIpc) is 3.08. The van der Waals surface area contributed by atoms with Gasteiger partial charge < -0.3 is 10.1 Å². The molecule has 1 amide bonds. The summed E-state index contributed by atoms with van der Waals surface area (Å²) in [5.74, 6) is 0.479. The molecule has 0 saturated carbocycles. The predicted molar refractivity (Wildman–Crippen MR) is 180 cm³/mol. The topological polar surface area (TPSA) is 78.9 Å². The van der Waals surface area contributed by atoms with Crippen molar-refractivity contribution < 1.29 is 17.9 Å². The number of hydrogen-bond donors (Lipinski definition) is 1. The molecule has 7 nitrogen and oxygen atoms in total. The van der Waals surface area contributed by atoms with E-state index >= 15 is 0 Å². The second-order valence-corrected chi connectivity index (χ2v) is 13.4. The van der Waals surface area contributed by atoms with Crippen molar-refractivity contribution in [1.82, 2.24) is 9.21 Å². The number of carbonyl (C=O) groups is 1. The number of anilines is 1. The molecule has 0 aliphatic carbocycles. The van der Waals surface area contributed by atoms with Crippen molar-refractivity contribution in [3.8, 4) is 5.75 Å². The van der Waals surface area contributed by atoms with Crippen LogP contribution in [0.3, 0.4) is 0 Å². The third-order valence-corrected chi connectivity index (χ3v) is 10.2. The van der Waals surface area contributed by atoms with Crippen LogP contribution >= 0.6 is 0 Å². The van der Waals surface area contributed by atoms with E-state index in [1.54, 1.807) is 52.8 Å². The number of hydrogen-bond acceptors (Lipinski definition) is 5. The molecule has 1 aliphatic heterocycles. The molecule has 1 fully saturated rings. The zero-order valence-electron chi connectivity index (χ0n) is 26.0. The summed E-state index contributed by atoms with van der Waals surface area (Å²) in [4.78, 5) is 15.4. The highest BCUT2D eigenvalue weighted by Gasteiger charge is 2.32. The van der Waals surface area contributed by atoms with Gasteiger partial charge in [-0.1, -0.05) is 93.3 Å². The van der Waals surface area contributed by atoms with Gasteiger partial charge in [-0.3, -0.25) is 9.69 Å². The van der Waals surface area contributed by atoms with Gasteiger partial charge in [-0.25, -0.2) is 8.42 Å². The molecule has 1 N–H and O–H groups in total. The van der Waals surface area contributed by atoms with Gasteiger partial charge in [0.05, 0.1) is 17.5 Å². The molecule has 0 radical (unpaired) electrons. The number of benzene rings is 4. The number of unbranched alkanes of at least 4 members (excludes halogenated alkanes) is 4. The molecule has 5 rings (SSSR count). The number of sulfonamides is 1. The number of nitrogens with zero attached hydrogens (tertiary/aromatic N) is 2. The van der Waals surface area contributed by atoms with Gasteiger partial charge >= 0.3 is 0 Å². The van der Waals surface area contributed by atoms with Gasteiger partial charge in [0.15, 0.2) is 0 Å². The summed E-state index contributed by atoms with van der Waals surface area (Å²) < 4.78 is 34.4. The van der Waals surface area contributed by atoms with E-state index in [9.17, 15) is 13.2 Å². The van der Waals surface area contributed by atoms with Gasteiger partial charge in [0.25, 0.3) is 5.91 Å². The van der Waals surface area contributed by atoms with Gasteiger partial charge in [0.2, 0.25) is 10.0 Å². The van der Waals surface area contributed by atoms with Crippen LogP contribution in [0.15, 0.2) is 114 Å². The highest BCUT2D eigenvalue weighted by Crippen LogP contribution is 2.30. The van der Waals surface area contributed by atoms with Gasteiger partial charge in [-0.2, -0.15) is 4.31 Å². The molecule has 0 spiro atoms. The molecule has 1 aliphatic rings. The molecule has 4 aromatic carbocycles. The van der Waals surface area contributed by atoms with E-state index in [0.717, 1.165) is 18.6 Å². The highest BCUT2D eigenvalue weighted by atomic mass is 32.2. The number of ether oxygens (including phenoxy) is 1. The third-order valence-electron chi connectivity index (χ3n) is 8.25. The maximum Gasteiger partial charge on any atom is 0.255 e. The Labute approximate surface area is 267 Å². The normalized spacial score (nSPS) is 14.4. The Hall–Kier alpha value is -3.98. The zero-order valence-corrected chi connectivity index (χ0v) is 26.8. The molecule has 0 bridgehead atoms. The molecule has 0 atom stereocenters. The van der Waals surface area contributed by atoms with Crippen molar-refractivity contribution in [2.24, 2.45) is 0 Å². The molecule has 0 aromatic heterocycles. The molecule has 1 heterocycles. The van der Waals surface area contributed by atoms with Crippen LogP contribution in [-0.4, -0.2) is 56.3 Å². The van der Waals surface area contributed by atoms with Crippen LogP contribution in [-0.2, 0) is 10.0 Å². The largest absolute Gasteiger partial charge is 0.494 e. The van der Waals surface area contributed by atoms with Crippen LogP contribution in [0, 0.1) is 0 Å². The lowest BCUT2D eigenvalue weighted by Gasteiger charge is -2.39. The van der Waals surface area contributed by atoms with Gasteiger partial charge in [0.1, 0.15) is 5.75 Å². The first-order valence-electron chi connectivity index (χ1n) is 15.9. The lowest BCUT2D eigenvalue weighted by Crippen LogP contribution is -2.49.